The van der Waals surface area contributed by atoms with Crippen LogP contribution in [-0.4, -0.2) is 34.8 Å². The minimum atomic E-state index is -1.31. The summed E-state index contributed by atoms with van der Waals surface area (Å²) in [6.07, 6.45) is 6.30. The van der Waals surface area contributed by atoms with Gasteiger partial charge in [-0.05, 0) is 49.6 Å². The average molecular weight is 395 g/mol. The van der Waals surface area contributed by atoms with E-state index in [0.717, 1.165) is 41.9 Å². The van der Waals surface area contributed by atoms with Crippen molar-refractivity contribution in [3.8, 4) is 6.07 Å². The van der Waals surface area contributed by atoms with Crippen LogP contribution in [0.5, 0.6) is 0 Å². The lowest BCUT2D eigenvalue weighted by molar-refractivity contribution is 0.597. The van der Waals surface area contributed by atoms with Crippen LogP contribution in [-0.2, 0) is 11.0 Å². The van der Waals surface area contributed by atoms with Gasteiger partial charge in [-0.15, -0.1) is 10.2 Å². The first-order chi connectivity index (χ1) is 13.7. The topological polar surface area (TPSA) is 112 Å². The van der Waals surface area contributed by atoms with E-state index in [1.807, 2.05) is 12.3 Å². The second-order valence-electron chi connectivity index (χ2n) is 6.95. The Bertz CT molecular complexity index is 1230. The molecule has 9 heteroatoms. The lowest BCUT2D eigenvalue weighted by atomic mass is 10.1. The highest BCUT2D eigenvalue weighted by atomic mass is 32.2. The summed E-state index contributed by atoms with van der Waals surface area (Å²) in [6.45, 7) is 0. The van der Waals surface area contributed by atoms with Gasteiger partial charge in [0.1, 0.15) is 16.8 Å². The first kappa shape index (κ1) is 17.0. The van der Waals surface area contributed by atoms with E-state index in [9.17, 15) is 4.21 Å². The minimum Gasteiger partial charge on any atom is -0.345 e. The highest BCUT2D eigenvalue weighted by Gasteiger charge is 2.30. The molecular formula is C19H21N7OS. The molecular weight excluding hydrogens is 374 g/mol. The van der Waals surface area contributed by atoms with Gasteiger partial charge in [0.15, 0.2) is 11.3 Å². The van der Waals surface area contributed by atoms with E-state index >= 15 is 0 Å². The molecule has 28 heavy (non-hydrogen) atoms. The van der Waals surface area contributed by atoms with Crippen molar-refractivity contribution in [1.29, 1.82) is 5.26 Å². The molecule has 0 saturated heterocycles. The molecule has 1 aromatic carbocycles. The Morgan fingerprint density at radius 1 is 1.25 bits per heavy atom. The number of hydrogen-bond acceptors (Lipinski definition) is 5. The molecule has 1 aliphatic carbocycles. The van der Waals surface area contributed by atoms with E-state index in [-0.39, 0.29) is 14.8 Å². The maximum atomic E-state index is 12.6. The Balaban J connectivity index is 0.00000128. The third-order valence-corrected chi connectivity index (χ3v) is 6.48. The number of hydrogen-bond donors (Lipinski definition) is 2. The largest absolute Gasteiger partial charge is 0.345 e. The van der Waals surface area contributed by atoms with Crippen LogP contribution in [0.1, 0.15) is 39.4 Å². The Kier molecular flexibility index (Phi) is 4.15. The molecule has 1 saturated carbocycles. The standard InChI is InChI=1S/C19H17N7OS.2H2/c20-10-12-1-5-15(6-2-12)28(27)25-14-4-3-13(9-14)19-24-23-17-11-22-18-16(26(17)19)7-8-21-18;;/h1-2,5-8,11,13-14,21,25H,3-4,9H2;2*1H/t13-,14+,28?;;/m1../s1. The van der Waals surface area contributed by atoms with Crippen LogP contribution in [0.4, 0.5) is 0 Å². The Morgan fingerprint density at radius 2 is 2.11 bits per heavy atom. The number of aromatic nitrogens is 5. The summed E-state index contributed by atoms with van der Waals surface area (Å²) in [5.74, 6) is 1.17. The number of nitriles is 1. The van der Waals surface area contributed by atoms with Gasteiger partial charge >= 0.3 is 0 Å². The molecule has 1 aliphatic rings. The predicted molar refractivity (Wildman–Crippen MR) is 108 cm³/mol. The second-order valence-corrected chi connectivity index (χ2v) is 8.20. The van der Waals surface area contributed by atoms with Crippen LogP contribution in [0.25, 0.3) is 16.8 Å². The average Bonchev–Trinajstić information content (AvgIpc) is 3.45. The normalized spacial score (nSPS) is 20.5. The monoisotopic (exact) mass is 395 g/mol. The third-order valence-electron chi connectivity index (χ3n) is 5.24. The maximum absolute atomic E-state index is 12.6. The van der Waals surface area contributed by atoms with Gasteiger partial charge in [-0.25, -0.2) is 13.9 Å². The van der Waals surface area contributed by atoms with Gasteiger partial charge in [0.2, 0.25) is 0 Å². The summed E-state index contributed by atoms with van der Waals surface area (Å²) in [6, 6.07) is 11.0. The Hall–Kier alpha value is -3.09. The van der Waals surface area contributed by atoms with Gasteiger partial charge in [0.25, 0.3) is 0 Å². The van der Waals surface area contributed by atoms with Gasteiger partial charge in [-0.3, -0.25) is 4.40 Å². The highest BCUT2D eigenvalue weighted by molar-refractivity contribution is 7.83. The number of fused-ring (bicyclic) bond motifs is 3. The number of nitrogens with zero attached hydrogens (tertiary/aromatic N) is 5. The lowest BCUT2D eigenvalue weighted by Crippen LogP contribution is -2.28. The maximum Gasteiger partial charge on any atom is 0.179 e. The smallest absolute Gasteiger partial charge is 0.179 e. The van der Waals surface area contributed by atoms with E-state index in [4.69, 9.17) is 5.26 Å². The number of rotatable bonds is 4. The fraction of sp³-hybridized carbons (Fsp3) is 0.263. The van der Waals surface area contributed by atoms with Gasteiger partial charge in [-0.2, -0.15) is 5.26 Å². The van der Waals surface area contributed by atoms with Crippen molar-refractivity contribution >= 4 is 27.8 Å². The van der Waals surface area contributed by atoms with E-state index < -0.39 is 11.0 Å². The predicted octanol–water partition coefficient (Wildman–Crippen LogP) is 2.92. The quantitative estimate of drug-likeness (QED) is 0.552. The molecule has 8 nitrogen and oxygen atoms in total. The van der Waals surface area contributed by atoms with Crippen LogP contribution in [0.2, 0.25) is 0 Å². The van der Waals surface area contributed by atoms with Crippen molar-refractivity contribution in [2.45, 2.75) is 36.1 Å². The van der Waals surface area contributed by atoms with E-state index in [0.29, 0.717) is 10.5 Å². The van der Waals surface area contributed by atoms with Crippen LogP contribution in [0.3, 0.4) is 0 Å². The number of aromatic amines is 1. The zero-order chi connectivity index (χ0) is 19.1. The molecule has 3 atom stereocenters. The highest BCUT2D eigenvalue weighted by Crippen LogP contribution is 2.34. The summed E-state index contributed by atoms with van der Waals surface area (Å²) in [4.78, 5) is 8.15. The molecule has 2 N–H and O–H groups in total. The summed E-state index contributed by atoms with van der Waals surface area (Å²) in [5.41, 5.74) is 3.07. The van der Waals surface area contributed by atoms with E-state index in [2.05, 4.69) is 35.4 Å². The van der Waals surface area contributed by atoms with Crippen molar-refractivity contribution in [1.82, 2.24) is 29.3 Å². The van der Waals surface area contributed by atoms with Gasteiger partial charge < -0.3 is 4.98 Å². The summed E-state index contributed by atoms with van der Waals surface area (Å²) in [7, 11) is -1.31. The zero-order valence-corrected chi connectivity index (χ0v) is 15.7. The summed E-state index contributed by atoms with van der Waals surface area (Å²) >= 11 is 0. The third kappa shape index (κ3) is 2.87. The van der Waals surface area contributed by atoms with Crippen LogP contribution >= 0.6 is 0 Å². The van der Waals surface area contributed by atoms with Crippen molar-refractivity contribution in [2.75, 3.05) is 0 Å². The fourth-order valence-electron chi connectivity index (χ4n) is 3.86. The number of benzene rings is 1. The molecule has 3 heterocycles. The fourth-order valence-corrected chi connectivity index (χ4v) is 4.89. The minimum absolute atomic E-state index is 0. The molecule has 144 valence electrons. The Labute approximate surface area is 166 Å². The van der Waals surface area contributed by atoms with Crippen molar-refractivity contribution < 1.29 is 7.06 Å². The molecule has 0 amide bonds. The Morgan fingerprint density at radius 3 is 2.93 bits per heavy atom. The number of nitrogens with one attached hydrogen (secondary N) is 2. The van der Waals surface area contributed by atoms with E-state index in [1.165, 1.54) is 0 Å². The molecule has 1 fully saturated rings. The lowest BCUT2D eigenvalue weighted by Gasteiger charge is -2.12. The van der Waals surface area contributed by atoms with Crippen molar-refractivity contribution in [3.05, 3.63) is 54.1 Å². The number of H-pyrrole nitrogens is 1. The second kappa shape index (κ2) is 6.82. The first-order valence-electron chi connectivity index (χ1n) is 9.08. The molecule has 0 bridgehead atoms. The molecule has 0 radical (unpaired) electrons. The molecule has 0 aliphatic heterocycles. The van der Waals surface area contributed by atoms with Crippen molar-refractivity contribution in [2.24, 2.45) is 0 Å². The van der Waals surface area contributed by atoms with Crippen LogP contribution in [0, 0.1) is 11.3 Å². The summed E-state index contributed by atoms with van der Waals surface area (Å²) < 4.78 is 17.9. The molecule has 4 aromatic rings. The zero-order valence-electron chi connectivity index (χ0n) is 14.9. The van der Waals surface area contributed by atoms with Crippen molar-refractivity contribution in [3.63, 3.8) is 0 Å². The molecule has 5 rings (SSSR count). The van der Waals surface area contributed by atoms with Gasteiger partial charge in [-0.1, -0.05) is 0 Å². The summed E-state index contributed by atoms with van der Waals surface area (Å²) in [5, 5.41) is 17.6. The van der Waals surface area contributed by atoms with Crippen LogP contribution < -0.4 is 4.72 Å². The SMILES string of the molecule is N#Cc1ccc(S(=O)N[C@H]2CC[C@@H](c3nnc4cnc5[nH]ccc5n34)C2)cc1.[HH].[HH]. The molecule has 3 aromatic heterocycles. The van der Waals surface area contributed by atoms with Gasteiger partial charge in [0, 0.05) is 21.0 Å². The van der Waals surface area contributed by atoms with Crippen LogP contribution in [0.15, 0.2) is 47.6 Å². The molecule has 1 unspecified atom stereocenters. The van der Waals surface area contributed by atoms with Gasteiger partial charge in [0.05, 0.1) is 28.2 Å². The molecule has 0 spiro atoms. The van der Waals surface area contributed by atoms with E-state index in [1.54, 1.807) is 30.5 Å². The first-order valence-corrected chi connectivity index (χ1v) is 10.2.